The van der Waals surface area contributed by atoms with E-state index in [4.69, 9.17) is 0 Å². The second-order valence-electron chi connectivity index (χ2n) is 5.21. The number of carbonyl (C=O) groups is 2. The average molecular weight is 264 g/mol. The number of rotatable bonds is 3. The number of aryl methyl sites for hydroxylation is 1. The number of amides is 1. The van der Waals surface area contributed by atoms with Gasteiger partial charge >= 0.3 is 0 Å². The predicted molar refractivity (Wildman–Crippen MR) is 71.1 cm³/mol. The molecule has 0 bridgehead atoms. The molecule has 1 fully saturated rings. The zero-order valence-corrected chi connectivity index (χ0v) is 11.3. The van der Waals surface area contributed by atoms with Gasteiger partial charge in [0.2, 0.25) is 0 Å². The third kappa shape index (κ3) is 3.04. The molecular weight excluding hydrogens is 244 g/mol. The van der Waals surface area contributed by atoms with Crippen LogP contribution in [-0.4, -0.2) is 33.5 Å². The largest absolute Gasteiger partial charge is 0.391 e. The molecule has 1 aromatic rings. The van der Waals surface area contributed by atoms with Crippen LogP contribution in [0.5, 0.6) is 0 Å². The third-order valence-corrected chi connectivity index (χ3v) is 3.69. The van der Waals surface area contributed by atoms with Crippen LogP contribution in [0.4, 0.5) is 0 Å². The number of carbonyl (C=O) groups excluding carboxylic acids is 2. The minimum absolute atomic E-state index is 0.0626. The quantitative estimate of drug-likeness (QED) is 0.807. The summed E-state index contributed by atoms with van der Waals surface area (Å²) in [7, 11) is 1.73. The van der Waals surface area contributed by atoms with E-state index < -0.39 is 6.10 Å². The minimum Gasteiger partial charge on any atom is -0.391 e. The van der Waals surface area contributed by atoms with Crippen molar-refractivity contribution in [3.8, 4) is 0 Å². The first-order chi connectivity index (χ1) is 8.99. The van der Waals surface area contributed by atoms with Crippen molar-refractivity contribution < 1.29 is 14.7 Å². The molecule has 1 heterocycles. The summed E-state index contributed by atoms with van der Waals surface area (Å²) in [6.07, 6.45) is 4.74. The van der Waals surface area contributed by atoms with Crippen LogP contribution in [-0.2, 0) is 7.05 Å². The Morgan fingerprint density at radius 2 is 2.05 bits per heavy atom. The summed E-state index contributed by atoms with van der Waals surface area (Å²) in [6.45, 7) is 1.47. The molecule has 2 rings (SSSR count). The summed E-state index contributed by atoms with van der Waals surface area (Å²) < 4.78 is 1.64. The van der Waals surface area contributed by atoms with Gasteiger partial charge in [-0.1, -0.05) is 12.8 Å². The van der Waals surface area contributed by atoms with E-state index in [1.807, 2.05) is 0 Å². The number of aliphatic hydroxyl groups is 1. The SMILES string of the molecule is CC(=O)c1cc(C(=O)N[C@H]2CCCC[C@@H]2O)n(C)c1. The van der Waals surface area contributed by atoms with E-state index >= 15 is 0 Å². The number of hydrogen-bond acceptors (Lipinski definition) is 3. The number of nitrogens with zero attached hydrogens (tertiary/aromatic N) is 1. The summed E-state index contributed by atoms with van der Waals surface area (Å²) in [4.78, 5) is 23.5. The topological polar surface area (TPSA) is 71.3 Å². The highest BCUT2D eigenvalue weighted by molar-refractivity contribution is 5.99. The Labute approximate surface area is 112 Å². The van der Waals surface area contributed by atoms with E-state index in [2.05, 4.69) is 5.32 Å². The van der Waals surface area contributed by atoms with Gasteiger partial charge < -0.3 is 15.0 Å². The first-order valence-corrected chi connectivity index (χ1v) is 6.65. The van der Waals surface area contributed by atoms with Gasteiger partial charge in [-0.2, -0.15) is 0 Å². The second kappa shape index (κ2) is 5.57. The molecule has 0 unspecified atom stereocenters. The van der Waals surface area contributed by atoms with Gasteiger partial charge in [-0.05, 0) is 25.8 Å². The van der Waals surface area contributed by atoms with Crippen LogP contribution < -0.4 is 5.32 Å². The maximum absolute atomic E-state index is 12.2. The molecular formula is C14H20N2O3. The molecule has 0 aliphatic heterocycles. The number of aromatic nitrogens is 1. The third-order valence-electron chi connectivity index (χ3n) is 3.69. The van der Waals surface area contributed by atoms with Crippen molar-refractivity contribution in [3.05, 3.63) is 23.5 Å². The van der Waals surface area contributed by atoms with Crippen molar-refractivity contribution in [2.24, 2.45) is 7.05 Å². The van der Waals surface area contributed by atoms with Gasteiger partial charge in [-0.25, -0.2) is 0 Å². The van der Waals surface area contributed by atoms with E-state index in [1.54, 1.807) is 23.9 Å². The molecule has 1 saturated carbocycles. The van der Waals surface area contributed by atoms with Crippen LogP contribution in [0.3, 0.4) is 0 Å². The minimum atomic E-state index is -0.467. The fourth-order valence-electron chi connectivity index (χ4n) is 2.50. The molecule has 5 nitrogen and oxygen atoms in total. The lowest BCUT2D eigenvalue weighted by atomic mass is 9.92. The molecule has 0 spiro atoms. The first kappa shape index (κ1) is 13.8. The van der Waals surface area contributed by atoms with Crippen LogP contribution in [0.2, 0.25) is 0 Å². The Balaban J connectivity index is 2.09. The molecule has 0 radical (unpaired) electrons. The van der Waals surface area contributed by atoms with Crippen molar-refractivity contribution in [3.63, 3.8) is 0 Å². The molecule has 19 heavy (non-hydrogen) atoms. The second-order valence-corrected chi connectivity index (χ2v) is 5.21. The number of Topliss-reactive ketones (excluding diaryl/α,β-unsaturated/α-hetero) is 1. The highest BCUT2D eigenvalue weighted by atomic mass is 16.3. The molecule has 0 aromatic carbocycles. The number of ketones is 1. The summed E-state index contributed by atoms with van der Waals surface area (Å²) >= 11 is 0. The number of hydrogen-bond donors (Lipinski definition) is 2. The molecule has 5 heteroatoms. The number of aliphatic hydroxyl groups excluding tert-OH is 1. The highest BCUT2D eigenvalue weighted by Gasteiger charge is 2.25. The Kier molecular flexibility index (Phi) is 4.04. The van der Waals surface area contributed by atoms with Gasteiger partial charge in [0.05, 0.1) is 12.1 Å². The van der Waals surface area contributed by atoms with Crippen LogP contribution in [0.1, 0.15) is 53.5 Å². The Morgan fingerprint density at radius 3 is 2.63 bits per heavy atom. The maximum Gasteiger partial charge on any atom is 0.268 e. The van der Waals surface area contributed by atoms with Crippen LogP contribution >= 0.6 is 0 Å². The van der Waals surface area contributed by atoms with E-state index in [9.17, 15) is 14.7 Å². The van der Waals surface area contributed by atoms with Crippen LogP contribution in [0.15, 0.2) is 12.3 Å². The van der Waals surface area contributed by atoms with Gasteiger partial charge in [0, 0.05) is 18.8 Å². The van der Waals surface area contributed by atoms with E-state index in [0.717, 1.165) is 25.7 Å². The monoisotopic (exact) mass is 264 g/mol. The standard InChI is InChI=1S/C14H20N2O3/c1-9(17)10-7-12(16(2)8-10)14(19)15-11-5-3-4-6-13(11)18/h7-8,11,13,18H,3-6H2,1-2H3,(H,15,19)/t11-,13-/m0/s1. The highest BCUT2D eigenvalue weighted by Crippen LogP contribution is 2.19. The Bertz CT molecular complexity index is 493. The van der Waals surface area contributed by atoms with Crippen molar-refractivity contribution in [1.29, 1.82) is 0 Å². The smallest absolute Gasteiger partial charge is 0.268 e. The zero-order chi connectivity index (χ0) is 14.0. The van der Waals surface area contributed by atoms with Gasteiger partial charge in [0.15, 0.2) is 5.78 Å². The van der Waals surface area contributed by atoms with Gasteiger partial charge in [0.1, 0.15) is 5.69 Å². The van der Waals surface area contributed by atoms with E-state index in [-0.39, 0.29) is 17.7 Å². The lowest BCUT2D eigenvalue weighted by molar-refractivity contribution is 0.0711. The molecule has 104 valence electrons. The van der Waals surface area contributed by atoms with Gasteiger partial charge in [-0.3, -0.25) is 9.59 Å². The Morgan fingerprint density at radius 1 is 1.37 bits per heavy atom. The molecule has 2 atom stereocenters. The van der Waals surface area contributed by atoms with E-state index in [0.29, 0.717) is 11.3 Å². The predicted octanol–water partition coefficient (Wildman–Crippen LogP) is 1.26. The lowest BCUT2D eigenvalue weighted by Gasteiger charge is -2.28. The molecule has 0 saturated heterocycles. The van der Waals surface area contributed by atoms with Crippen molar-refractivity contribution in [1.82, 2.24) is 9.88 Å². The molecule has 1 amide bonds. The Hall–Kier alpha value is -1.62. The first-order valence-electron chi connectivity index (χ1n) is 6.65. The molecule has 2 N–H and O–H groups in total. The summed E-state index contributed by atoms with van der Waals surface area (Å²) in [5.41, 5.74) is 0.972. The fourth-order valence-corrected chi connectivity index (χ4v) is 2.50. The summed E-state index contributed by atoms with van der Waals surface area (Å²) in [5, 5.41) is 12.7. The summed E-state index contributed by atoms with van der Waals surface area (Å²) in [6, 6.07) is 1.41. The average Bonchev–Trinajstić information content (AvgIpc) is 2.74. The van der Waals surface area contributed by atoms with Crippen LogP contribution in [0.25, 0.3) is 0 Å². The fraction of sp³-hybridized carbons (Fsp3) is 0.571. The van der Waals surface area contributed by atoms with E-state index in [1.165, 1.54) is 6.92 Å². The van der Waals surface area contributed by atoms with Crippen molar-refractivity contribution in [2.75, 3.05) is 0 Å². The molecule has 1 aliphatic carbocycles. The maximum atomic E-state index is 12.2. The lowest BCUT2D eigenvalue weighted by Crippen LogP contribution is -2.45. The molecule has 1 aromatic heterocycles. The van der Waals surface area contributed by atoms with Gasteiger partial charge in [0.25, 0.3) is 5.91 Å². The van der Waals surface area contributed by atoms with Crippen molar-refractivity contribution in [2.45, 2.75) is 44.8 Å². The molecule has 1 aliphatic rings. The van der Waals surface area contributed by atoms with Gasteiger partial charge in [-0.15, -0.1) is 0 Å². The van der Waals surface area contributed by atoms with Crippen LogP contribution in [0, 0.1) is 0 Å². The van der Waals surface area contributed by atoms with Crippen molar-refractivity contribution >= 4 is 11.7 Å². The summed E-state index contributed by atoms with van der Waals surface area (Å²) in [5.74, 6) is -0.298. The zero-order valence-electron chi connectivity index (χ0n) is 11.3. The number of nitrogens with one attached hydrogen (secondary N) is 1. The normalized spacial score (nSPS) is 23.1.